The molecule has 7 nitrogen and oxygen atoms in total. The summed E-state index contributed by atoms with van der Waals surface area (Å²) < 4.78 is 61.4. The summed E-state index contributed by atoms with van der Waals surface area (Å²) in [6, 6.07) is -0.0376. The molecular weight excluding hydrogens is 336 g/mol. The summed E-state index contributed by atoms with van der Waals surface area (Å²) in [5.41, 5.74) is 0.855. The van der Waals surface area contributed by atoms with Crippen molar-refractivity contribution >= 4 is 5.91 Å². The molecule has 11 heteroatoms. The smallest absolute Gasteiger partial charge is 0.330 e. The molecule has 0 N–H and O–H groups in total. The van der Waals surface area contributed by atoms with Crippen LogP contribution < -0.4 is 0 Å². The molecule has 1 saturated heterocycles. The van der Waals surface area contributed by atoms with E-state index in [9.17, 15) is 22.4 Å². The van der Waals surface area contributed by atoms with E-state index in [4.69, 9.17) is 4.74 Å². The van der Waals surface area contributed by atoms with E-state index in [0.717, 1.165) is 5.69 Å². The highest BCUT2D eigenvalue weighted by atomic mass is 19.3. The van der Waals surface area contributed by atoms with E-state index in [-0.39, 0.29) is 18.7 Å². The van der Waals surface area contributed by atoms with Crippen molar-refractivity contribution in [3.05, 3.63) is 11.9 Å². The lowest BCUT2D eigenvalue weighted by molar-refractivity contribution is -0.172. The number of hydrogen-bond acceptors (Lipinski definition) is 5. The Morgan fingerprint density at radius 2 is 2.29 bits per heavy atom. The molecule has 1 amide bonds. The summed E-state index contributed by atoms with van der Waals surface area (Å²) in [5, 5.41) is 7.84. The van der Waals surface area contributed by atoms with Gasteiger partial charge in [-0.15, -0.1) is 5.10 Å². The lowest BCUT2D eigenvalue weighted by atomic mass is 10.00. The molecule has 0 aromatic carbocycles. The third-order valence-electron chi connectivity index (χ3n) is 4.12. The number of rotatable bonds is 5. The number of aromatic nitrogens is 3. The number of amides is 1. The van der Waals surface area contributed by atoms with Crippen LogP contribution in [-0.2, 0) is 20.9 Å². The normalized spacial score (nSPS) is 24.0. The van der Waals surface area contributed by atoms with Crippen molar-refractivity contribution in [3.63, 3.8) is 0 Å². The van der Waals surface area contributed by atoms with E-state index < -0.39 is 31.5 Å². The van der Waals surface area contributed by atoms with Crippen LogP contribution in [0.25, 0.3) is 0 Å². The predicted molar refractivity (Wildman–Crippen MR) is 70.6 cm³/mol. The molecule has 2 aliphatic heterocycles. The van der Waals surface area contributed by atoms with Gasteiger partial charge in [-0.05, 0) is 6.42 Å². The van der Waals surface area contributed by atoms with Crippen LogP contribution in [0.3, 0.4) is 0 Å². The number of piperidine rings is 1. The highest BCUT2D eigenvalue weighted by Gasteiger charge is 2.42. The molecule has 0 spiro atoms. The van der Waals surface area contributed by atoms with E-state index >= 15 is 0 Å². The topological polar surface area (TPSA) is 69.5 Å². The number of carbonyl (C=O) groups excluding carboxylic acids is 1. The number of ether oxygens (including phenoxy) is 2. The van der Waals surface area contributed by atoms with Crippen molar-refractivity contribution in [2.24, 2.45) is 0 Å². The molecule has 1 aromatic heterocycles. The van der Waals surface area contributed by atoms with Crippen LogP contribution in [0, 0.1) is 0 Å². The number of alkyl halides is 4. The van der Waals surface area contributed by atoms with Crippen molar-refractivity contribution < 1.29 is 31.8 Å². The average molecular weight is 352 g/mol. The maximum atomic E-state index is 12.7. The Balaban J connectivity index is 1.50. The monoisotopic (exact) mass is 352 g/mol. The van der Waals surface area contributed by atoms with Crippen LogP contribution in [0.2, 0.25) is 0 Å². The zero-order valence-corrected chi connectivity index (χ0v) is 12.6. The van der Waals surface area contributed by atoms with E-state index in [2.05, 4.69) is 15.0 Å². The molecule has 0 bridgehead atoms. The van der Waals surface area contributed by atoms with E-state index in [1.54, 1.807) is 10.9 Å². The minimum absolute atomic E-state index is 0.0376. The molecule has 134 valence electrons. The fourth-order valence-corrected chi connectivity index (χ4v) is 2.84. The molecule has 24 heavy (non-hydrogen) atoms. The van der Waals surface area contributed by atoms with Crippen LogP contribution in [0.5, 0.6) is 0 Å². The summed E-state index contributed by atoms with van der Waals surface area (Å²) in [5.74, 6) is -4.80. The van der Waals surface area contributed by atoms with Crippen LogP contribution in [-0.4, -0.2) is 70.6 Å². The Bertz CT molecular complexity index is 598. The van der Waals surface area contributed by atoms with Gasteiger partial charge in [0.25, 0.3) is 0 Å². The zero-order chi connectivity index (χ0) is 17.3. The van der Waals surface area contributed by atoms with Gasteiger partial charge in [-0.1, -0.05) is 5.21 Å². The molecule has 3 heterocycles. The van der Waals surface area contributed by atoms with Gasteiger partial charge < -0.3 is 14.4 Å². The van der Waals surface area contributed by atoms with Gasteiger partial charge in [-0.3, -0.25) is 4.79 Å². The number of carbonyl (C=O) groups is 1. The SMILES string of the molecule is O=C(COCC(F)(F)C(F)F)N1CC[C@@H]2[C@@H](C1)OCc1cnnn12. The summed E-state index contributed by atoms with van der Waals surface area (Å²) in [7, 11) is 0. The van der Waals surface area contributed by atoms with Crippen molar-refractivity contribution in [1.82, 2.24) is 19.9 Å². The predicted octanol–water partition coefficient (Wildman–Crippen LogP) is 0.867. The average Bonchev–Trinajstić information content (AvgIpc) is 3.02. The van der Waals surface area contributed by atoms with Crippen molar-refractivity contribution in [2.75, 3.05) is 26.3 Å². The maximum absolute atomic E-state index is 12.7. The van der Waals surface area contributed by atoms with Crippen LogP contribution in [0.15, 0.2) is 6.20 Å². The quantitative estimate of drug-likeness (QED) is 0.736. The van der Waals surface area contributed by atoms with Gasteiger partial charge in [-0.25, -0.2) is 13.5 Å². The molecule has 0 radical (unpaired) electrons. The van der Waals surface area contributed by atoms with E-state index in [1.165, 1.54) is 4.90 Å². The molecule has 1 fully saturated rings. The molecule has 2 aliphatic rings. The summed E-state index contributed by atoms with van der Waals surface area (Å²) in [6.45, 7) is -1.20. The first-order valence-electron chi connectivity index (χ1n) is 7.40. The summed E-state index contributed by atoms with van der Waals surface area (Å²) in [4.78, 5) is 13.4. The maximum Gasteiger partial charge on any atom is 0.330 e. The third kappa shape index (κ3) is 3.36. The van der Waals surface area contributed by atoms with Crippen LogP contribution in [0.1, 0.15) is 18.2 Å². The molecule has 3 rings (SSSR count). The Hall–Kier alpha value is -1.75. The fraction of sp³-hybridized carbons (Fsp3) is 0.769. The fourth-order valence-electron chi connectivity index (χ4n) is 2.84. The third-order valence-corrected chi connectivity index (χ3v) is 4.12. The van der Waals surface area contributed by atoms with Crippen molar-refractivity contribution in [2.45, 2.75) is 37.5 Å². The minimum Gasteiger partial charge on any atom is -0.368 e. The Morgan fingerprint density at radius 1 is 1.50 bits per heavy atom. The molecule has 0 saturated carbocycles. The number of fused-ring (bicyclic) bond motifs is 3. The van der Waals surface area contributed by atoms with Gasteiger partial charge in [0, 0.05) is 13.1 Å². The Labute approximate surface area is 134 Å². The first-order chi connectivity index (χ1) is 11.4. The Kier molecular flexibility index (Phi) is 4.72. The van der Waals surface area contributed by atoms with Crippen LogP contribution >= 0.6 is 0 Å². The number of nitrogens with zero attached hydrogens (tertiary/aromatic N) is 4. The standard InChI is InChI=1S/C13H16F4N4O3/c14-12(15)13(16,17)7-23-6-11(22)20-2-1-9-10(4-20)24-5-8-3-18-19-21(8)9/h3,9-10,12H,1-2,4-7H2/t9-,10-/m1/s1. The van der Waals surface area contributed by atoms with Gasteiger partial charge >= 0.3 is 12.3 Å². The first-order valence-corrected chi connectivity index (χ1v) is 7.40. The summed E-state index contributed by atoms with van der Waals surface area (Å²) >= 11 is 0. The number of likely N-dealkylation sites (tertiary alicyclic amines) is 1. The highest BCUT2D eigenvalue weighted by molar-refractivity contribution is 5.77. The van der Waals surface area contributed by atoms with Gasteiger partial charge in [-0.2, -0.15) is 8.78 Å². The molecular formula is C13H16F4N4O3. The van der Waals surface area contributed by atoms with Gasteiger partial charge in [0.05, 0.1) is 30.6 Å². The van der Waals surface area contributed by atoms with Gasteiger partial charge in [0.1, 0.15) is 13.2 Å². The number of hydrogen-bond donors (Lipinski definition) is 0. The molecule has 0 aliphatic carbocycles. The highest BCUT2D eigenvalue weighted by Crippen LogP contribution is 2.30. The van der Waals surface area contributed by atoms with E-state index in [1.807, 2.05) is 0 Å². The zero-order valence-electron chi connectivity index (χ0n) is 12.6. The second kappa shape index (κ2) is 6.63. The van der Waals surface area contributed by atoms with Crippen molar-refractivity contribution in [1.29, 1.82) is 0 Å². The van der Waals surface area contributed by atoms with E-state index in [0.29, 0.717) is 19.6 Å². The summed E-state index contributed by atoms with van der Waals surface area (Å²) in [6.07, 6.45) is -1.92. The molecule has 1 aromatic rings. The first kappa shape index (κ1) is 17.1. The Morgan fingerprint density at radius 3 is 3.04 bits per heavy atom. The van der Waals surface area contributed by atoms with Crippen molar-refractivity contribution in [3.8, 4) is 0 Å². The van der Waals surface area contributed by atoms with Gasteiger partial charge in [0.2, 0.25) is 5.91 Å². The van der Waals surface area contributed by atoms with Gasteiger partial charge in [0.15, 0.2) is 0 Å². The second-order valence-electron chi connectivity index (χ2n) is 5.77. The lowest BCUT2D eigenvalue weighted by Gasteiger charge is -2.40. The molecule has 0 unspecified atom stereocenters. The number of halogens is 4. The second-order valence-corrected chi connectivity index (χ2v) is 5.77. The lowest BCUT2D eigenvalue weighted by Crippen LogP contribution is -2.51. The van der Waals surface area contributed by atoms with Crippen LogP contribution in [0.4, 0.5) is 17.6 Å². The largest absolute Gasteiger partial charge is 0.368 e. The molecule has 2 atom stereocenters. The minimum atomic E-state index is -4.26.